The van der Waals surface area contributed by atoms with Crippen molar-refractivity contribution in [2.75, 3.05) is 31.1 Å². The smallest absolute Gasteiger partial charge is 0.260 e. The Hall–Kier alpha value is -1.90. The monoisotopic (exact) mass is 351 g/mol. The number of benzene rings is 1. The lowest BCUT2D eigenvalue weighted by molar-refractivity contribution is 0.100. The first-order valence-corrected chi connectivity index (χ1v) is 9.49. The minimum Gasteiger partial charge on any atom is -0.369 e. The predicted octanol–water partition coefficient (Wildman–Crippen LogP) is 1.36. The van der Waals surface area contributed by atoms with Crippen LogP contribution in [-0.2, 0) is 10.0 Å². The van der Waals surface area contributed by atoms with Crippen LogP contribution in [0.25, 0.3) is 0 Å². The highest BCUT2D eigenvalue weighted by Crippen LogP contribution is 2.26. The van der Waals surface area contributed by atoms with E-state index in [1.165, 1.54) is 10.4 Å². The molecule has 2 aromatic rings. The van der Waals surface area contributed by atoms with Crippen molar-refractivity contribution in [1.29, 1.82) is 0 Å². The van der Waals surface area contributed by atoms with E-state index in [1.54, 1.807) is 5.38 Å². The van der Waals surface area contributed by atoms with Gasteiger partial charge in [0.25, 0.3) is 5.91 Å². The lowest BCUT2D eigenvalue weighted by Gasteiger charge is -2.35. The Kier molecular flexibility index (Phi) is 4.38. The first kappa shape index (κ1) is 16.0. The number of carbonyl (C=O) groups excluding carboxylic acids is 1. The Morgan fingerprint density at radius 3 is 2.30 bits per heavy atom. The number of amides is 1. The fourth-order valence-corrected chi connectivity index (χ4v) is 5.33. The highest BCUT2D eigenvalue weighted by Gasteiger charge is 2.32. The van der Waals surface area contributed by atoms with Gasteiger partial charge in [-0.15, -0.1) is 11.3 Å². The van der Waals surface area contributed by atoms with E-state index in [2.05, 4.69) is 4.90 Å². The highest BCUT2D eigenvalue weighted by atomic mass is 32.2. The molecule has 1 amide bonds. The molecule has 0 radical (unpaired) electrons. The minimum atomic E-state index is -3.68. The number of carbonyl (C=O) groups is 1. The minimum absolute atomic E-state index is 0.0168. The van der Waals surface area contributed by atoms with Crippen LogP contribution in [-0.4, -0.2) is 44.8 Å². The first-order chi connectivity index (χ1) is 11.0. The summed E-state index contributed by atoms with van der Waals surface area (Å²) < 4.78 is 26.9. The molecule has 1 fully saturated rings. The maximum Gasteiger partial charge on any atom is 0.260 e. The van der Waals surface area contributed by atoms with E-state index in [-0.39, 0.29) is 9.77 Å². The quantitative estimate of drug-likeness (QED) is 0.901. The van der Waals surface area contributed by atoms with Crippen LogP contribution in [0.4, 0.5) is 5.69 Å². The Morgan fingerprint density at radius 2 is 1.70 bits per heavy atom. The Morgan fingerprint density at radius 1 is 1.04 bits per heavy atom. The molecule has 0 unspecified atom stereocenters. The summed E-state index contributed by atoms with van der Waals surface area (Å²) in [5.74, 6) is -0.707. The maximum atomic E-state index is 12.7. The van der Waals surface area contributed by atoms with E-state index in [0.29, 0.717) is 26.2 Å². The van der Waals surface area contributed by atoms with Crippen molar-refractivity contribution >= 4 is 33.0 Å². The summed E-state index contributed by atoms with van der Waals surface area (Å²) in [7, 11) is -3.68. The van der Waals surface area contributed by atoms with E-state index < -0.39 is 15.9 Å². The van der Waals surface area contributed by atoms with Crippen molar-refractivity contribution < 1.29 is 13.2 Å². The summed E-state index contributed by atoms with van der Waals surface area (Å²) in [4.78, 5) is 13.6. The van der Waals surface area contributed by atoms with Crippen LogP contribution in [0.5, 0.6) is 0 Å². The number of thiophene rings is 1. The molecule has 2 heterocycles. The molecule has 122 valence electrons. The third-order valence-electron chi connectivity index (χ3n) is 3.83. The van der Waals surface area contributed by atoms with Crippen molar-refractivity contribution in [3.63, 3.8) is 0 Å². The standard InChI is InChI=1S/C15H17N3O3S2/c16-15(19)14-13(6-11-22-14)23(20,21)18-9-7-17(8-10-18)12-4-2-1-3-5-12/h1-6,11H,7-10H2,(H2,16,19). The van der Waals surface area contributed by atoms with Crippen LogP contribution >= 0.6 is 11.3 Å². The summed E-state index contributed by atoms with van der Waals surface area (Å²) in [5.41, 5.74) is 6.34. The van der Waals surface area contributed by atoms with Crippen LogP contribution < -0.4 is 10.6 Å². The van der Waals surface area contributed by atoms with Crippen molar-refractivity contribution in [2.24, 2.45) is 5.73 Å². The van der Waals surface area contributed by atoms with E-state index in [4.69, 9.17) is 5.73 Å². The van der Waals surface area contributed by atoms with Gasteiger partial charge in [-0.25, -0.2) is 8.42 Å². The van der Waals surface area contributed by atoms with Crippen molar-refractivity contribution in [3.05, 3.63) is 46.7 Å². The molecule has 2 N–H and O–H groups in total. The largest absolute Gasteiger partial charge is 0.369 e. The first-order valence-electron chi connectivity index (χ1n) is 7.17. The molecule has 23 heavy (non-hydrogen) atoms. The molecule has 0 bridgehead atoms. The highest BCUT2D eigenvalue weighted by molar-refractivity contribution is 7.89. The van der Waals surface area contributed by atoms with Crippen LogP contribution in [0.2, 0.25) is 0 Å². The fourth-order valence-electron chi connectivity index (χ4n) is 2.64. The molecule has 0 atom stereocenters. The molecule has 6 nitrogen and oxygen atoms in total. The molecule has 8 heteroatoms. The molecule has 3 rings (SSSR count). The number of hydrogen-bond acceptors (Lipinski definition) is 5. The molecule has 1 aromatic heterocycles. The number of anilines is 1. The molecular formula is C15H17N3O3S2. The van der Waals surface area contributed by atoms with Crippen LogP contribution in [0, 0.1) is 0 Å². The SMILES string of the molecule is NC(=O)c1sccc1S(=O)(=O)N1CCN(c2ccccc2)CC1. The number of nitrogens with zero attached hydrogens (tertiary/aromatic N) is 2. The average molecular weight is 351 g/mol. The number of piperazine rings is 1. The predicted molar refractivity (Wildman–Crippen MR) is 90.3 cm³/mol. The number of primary amides is 1. The van der Waals surface area contributed by atoms with Gasteiger partial charge in [0.05, 0.1) is 0 Å². The summed E-state index contributed by atoms with van der Waals surface area (Å²) >= 11 is 1.06. The number of sulfonamides is 1. The number of para-hydroxylation sites is 1. The van der Waals surface area contributed by atoms with Crippen molar-refractivity contribution in [2.45, 2.75) is 4.90 Å². The van der Waals surface area contributed by atoms with E-state index in [9.17, 15) is 13.2 Å². The summed E-state index contributed by atoms with van der Waals surface area (Å²) in [5, 5.41) is 1.58. The van der Waals surface area contributed by atoms with Gasteiger partial charge in [0.2, 0.25) is 10.0 Å². The van der Waals surface area contributed by atoms with Gasteiger partial charge in [-0.2, -0.15) is 4.31 Å². The van der Waals surface area contributed by atoms with Gasteiger partial charge in [-0.3, -0.25) is 4.79 Å². The molecule has 1 aliphatic heterocycles. The van der Waals surface area contributed by atoms with Gasteiger partial charge < -0.3 is 10.6 Å². The van der Waals surface area contributed by atoms with Gasteiger partial charge in [-0.1, -0.05) is 18.2 Å². The topological polar surface area (TPSA) is 83.7 Å². The van der Waals surface area contributed by atoms with E-state index in [1.807, 2.05) is 30.3 Å². The Balaban J connectivity index is 1.76. The molecule has 1 saturated heterocycles. The van der Waals surface area contributed by atoms with Crippen molar-refractivity contribution in [3.8, 4) is 0 Å². The van der Waals surface area contributed by atoms with Gasteiger partial charge in [-0.05, 0) is 23.6 Å². The second-order valence-corrected chi connectivity index (χ2v) is 8.03. The second-order valence-electron chi connectivity index (χ2n) is 5.20. The van der Waals surface area contributed by atoms with Gasteiger partial charge in [0.15, 0.2) is 0 Å². The number of nitrogens with two attached hydrogens (primary N) is 1. The Bertz CT molecular complexity index is 794. The molecular weight excluding hydrogens is 334 g/mol. The second kappa shape index (κ2) is 6.31. The average Bonchev–Trinajstić information content (AvgIpc) is 3.07. The Labute approximate surface area is 139 Å². The van der Waals surface area contributed by atoms with Gasteiger partial charge in [0, 0.05) is 31.9 Å². The van der Waals surface area contributed by atoms with Crippen molar-refractivity contribution in [1.82, 2.24) is 4.31 Å². The summed E-state index contributed by atoms with van der Waals surface area (Å²) in [6.07, 6.45) is 0. The maximum absolute atomic E-state index is 12.7. The van der Waals surface area contributed by atoms with Crippen LogP contribution in [0.3, 0.4) is 0 Å². The van der Waals surface area contributed by atoms with E-state index >= 15 is 0 Å². The zero-order valence-corrected chi connectivity index (χ0v) is 14.0. The number of rotatable bonds is 4. The summed E-state index contributed by atoms with van der Waals surface area (Å²) in [6.45, 7) is 1.98. The van der Waals surface area contributed by atoms with Gasteiger partial charge in [0.1, 0.15) is 9.77 Å². The zero-order valence-electron chi connectivity index (χ0n) is 12.4. The molecule has 0 saturated carbocycles. The lowest BCUT2D eigenvalue weighted by atomic mass is 10.2. The normalized spacial score (nSPS) is 16.4. The number of hydrogen-bond donors (Lipinski definition) is 1. The lowest BCUT2D eigenvalue weighted by Crippen LogP contribution is -2.48. The molecule has 1 aromatic carbocycles. The van der Waals surface area contributed by atoms with Crippen LogP contribution in [0.1, 0.15) is 9.67 Å². The molecule has 1 aliphatic rings. The third kappa shape index (κ3) is 3.10. The third-order valence-corrected chi connectivity index (χ3v) is 6.83. The summed E-state index contributed by atoms with van der Waals surface area (Å²) in [6, 6.07) is 11.3. The zero-order chi connectivity index (χ0) is 16.4. The molecule has 0 spiro atoms. The fraction of sp³-hybridized carbons (Fsp3) is 0.267. The van der Waals surface area contributed by atoms with E-state index in [0.717, 1.165) is 17.0 Å². The van der Waals surface area contributed by atoms with Crippen LogP contribution in [0.15, 0.2) is 46.7 Å². The molecule has 0 aliphatic carbocycles. The van der Waals surface area contributed by atoms with Gasteiger partial charge >= 0.3 is 0 Å².